The Bertz CT molecular complexity index is 588. The van der Waals surface area contributed by atoms with Gasteiger partial charge in [-0.2, -0.15) is 0 Å². The number of hydrogen-bond acceptors (Lipinski definition) is 6. The van der Waals surface area contributed by atoms with Crippen molar-refractivity contribution in [3.8, 4) is 17.2 Å². The van der Waals surface area contributed by atoms with Gasteiger partial charge in [-0.1, -0.05) is 0 Å². The zero-order chi connectivity index (χ0) is 18.2. The molecule has 0 aromatic heterocycles. The lowest BCUT2D eigenvalue weighted by Gasteiger charge is -2.15. The Morgan fingerprint density at radius 2 is 1.80 bits per heavy atom. The van der Waals surface area contributed by atoms with Gasteiger partial charge in [-0.15, -0.1) is 0 Å². The number of methoxy groups -OCH3 is 3. The Labute approximate surface area is 146 Å². The van der Waals surface area contributed by atoms with Crippen LogP contribution in [0.25, 0.3) is 0 Å². The van der Waals surface area contributed by atoms with Crippen LogP contribution in [-0.4, -0.2) is 52.4 Å². The third-order valence-electron chi connectivity index (χ3n) is 3.82. The van der Waals surface area contributed by atoms with E-state index in [1.807, 2.05) is 0 Å². The van der Waals surface area contributed by atoms with Gasteiger partial charge in [-0.3, -0.25) is 9.59 Å². The van der Waals surface area contributed by atoms with Crippen molar-refractivity contribution in [2.75, 3.05) is 39.8 Å². The van der Waals surface area contributed by atoms with E-state index in [4.69, 9.17) is 18.9 Å². The Hall–Kier alpha value is -2.48. The van der Waals surface area contributed by atoms with Crippen molar-refractivity contribution in [3.05, 3.63) is 12.1 Å². The van der Waals surface area contributed by atoms with Crippen LogP contribution >= 0.6 is 0 Å². The summed E-state index contributed by atoms with van der Waals surface area (Å²) in [5, 5.41) is 5.37. The summed E-state index contributed by atoms with van der Waals surface area (Å²) in [6, 6.07) is 3.20. The van der Waals surface area contributed by atoms with Gasteiger partial charge in [0.15, 0.2) is 11.5 Å². The van der Waals surface area contributed by atoms with E-state index in [1.54, 1.807) is 12.1 Å². The lowest BCUT2D eigenvalue weighted by molar-refractivity contribution is -0.127. The Kier molecular flexibility index (Phi) is 6.88. The van der Waals surface area contributed by atoms with Gasteiger partial charge in [0.05, 0.1) is 27.4 Å². The minimum Gasteiger partial charge on any atom is -0.493 e. The molecule has 0 aliphatic carbocycles. The molecule has 2 N–H and O–H groups in total. The zero-order valence-electron chi connectivity index (χ0n) is 14.7. The molecule has 1 saturated heterocycles. The standard InChI is InChI=1S/C17H24N2O6/c1-22-13-7-11(8-14(23-2)17(13)24-3)19-16(21)9-15(20)18-10-12-5-4-6-25-12/h7-8,12H,4-6,9-10H2,1-3H3,(H,18,20)(H,19,21). The summed E-state index contributed by atoms with van der Waals surface area (Å²) in [5.74, 6) is 0.483. The highest BCUT2D eigenvalue weighted by atomic mass is 16.5. The van der Waals surface area contributed by atoms with Crippen molar-refractivity contribution in [1.29, 1.82) is 0 Å². The number of carbonyl (C=O) groups is 2. The van der Waals surface area contributed by atoms with E-state index < -0.39 is 5.91 Å². The molecule has 1 aromatic carbocycles. The summed E-state index contributed by atoms with van der Waals surface area (Å²) in [6.45, 7) is 1.15. The van der Waals surface area contributed by atoms with Crippen molar-refractivity contribution < 1.29 is 28.5 Å². The van der Waals surface area contributed by atoms with Crippen LogP contribution in [0.4, 0.5) is 5.69 Å². The molecule has 0 spiro atoms. The summed E-state index contributed by atoms with van der Waals surface area (Å²) in [5.41, 5.74) is 0.450. The third-order valence-corrected chi connectivity index (χ3v) is 3.82. The van der Waals surface area contributed by atoms with E-state index >= 15 is 0 Å². The van der Waals surface area contributed by atoms with Crippen LogP contribution in [-0.2, 0) is 14.3 Å². The van der Waals surface area contributed by atoms with Crippen molar-refractivity contribution >= 4 is 17.5 Å². The second-order valence-corrected chi connectivity index (χ2v) is 5.58. The molecule has 1 aromatic rings. The van der Waals surface area contributed by atoms with Gasteiger partial charge in [0.2, 0.25) is 17.6 Å². The molecule has 0 saturated carbocycles. The smallest absolute Gasteiger partial charge is 0.233 e. The molecule has 1 aliphatic heterocycles. The van der Waals surface area contributed by atoms with E-state index in [2.05, 4.69) is 10.6 Å². The summed E-state index contributed by atoms with van der Waals surface area (Å²) >= 11 is 0. The number of nitrogens with one attached hydrogen (secondary N) is 2. The van der Waals surface area contributed by atoms with Gasteiger partial charge in [0, 0.05) is 31.0 Å². The second-order valence-electron chi connectivity index (χ2n) is 5.58. The van der Waals surface area contributed by atoms with Crippen LogP contribution in [0.3, 0.4) is 0 Å². The first-order chi connectivity index (χ1) is 12.1. The molecule has 1 aliphatic rings. The Morgan fingerprint density at radius 1 is 1.12 bits per heavy atom. The quantitative estimate of drug-likeness (QED) is 0.686. The molecule has 0 radical (unpaired) electrons. The highest BCUT2D eigenvalue weighted by Crippen LogP contribution is 2.39. The summed E-state index contributed by atoms with van der Waals surface area (Å²) in [7, 11) is 4.47. The van der Waals surface area contributed by atoms with E-state index in [-0.39, 0.29) is 18.4 Å². The van der Waals surface area contributed by atoms with Gasteiger partial charge >= 0.3 is 0 Å². The van der Waals surface area contributed by atoms with E-state index in [9.17, 15) is 9.59 Å². The van der Waals surface area contributed by atoms with Crippen LogP contribution in [0.1, 0.15) is 19.3 Å². The first kappa shape index (κ1) is 18.9. The lowest BCUT2D eigenvalue weighted by atomic mass is 10.2. The predicted octanol–water partition coefficient (Wildman–Crippen LogP) is 1.34. The minimum absolute atomic E-state index is 0.0436. The number of ether oxygens (including phenoxy) is 4. The van der Waals surface area contributed by atoms with E-state index in [1.165, 1.54) is 21.3 Å². The molecular weight excluding hydrogens is 328 g/mol. The number of benzene rings is 1. The molecule has 0 bridgehead atoms. The van der Waals surface area contributed by atoms with E-state index in [0.29, 0.717) is 29.5 Å². The van der Waals surface area contributed by atoms with Gasteiger partial charge < -0.3 is 29.6 Å². The normalized spacial score (nSPS) is 16.2. The van der Waals surface area contributed by atoms with Crippen LogP contribution in [0, 0.1) is 0 Å². The van der Waals surface area contributed by atoms with Crippen molar-refractivity contribution in [3.63, 3.8) is 0 Å². The summed E-state index contributed by atoms with van der Waals surface area (Å²) in [6.07, 6.45) is 1.70. The third kappa shape index (κ3) is 5.25. The molecule has 1 heterocycles. The average Bonchev–Trinajstić information content (AvgIpc) is 3.12. The summed E-state index contributed by atoms with van der Waals surface area (Å²) < 4.78 is 21.1. The van der Waals surface area contributed by atoms with Gasteiger partial charge in [0.1, 0.15) is 6.42 Å². The fourth-order valence-corrected chi connectivity index (χ4v) is 2.60. The molecule has 8 nitrogen and oxygen atoms in total. The number of hydrogen-bond donors (Lipinski definition) is 2. The van der Waals surface area contributed by atoms with Gasteiger partial charge in [-0.05, 0) is 12.8 Å². The van der Waals surface area contributed by atoms with Crippen LogP contribution in [0.2, 0.25) is 0 Å². The maximum absolute atomic E-state index is 12.1. The first-order valence-electron chi connectivity index (χ1n) is 8.05. The minimum atomic E-state index is -0.431. The summed E-state index contributed by atoms with van der Waals surface area (Å²) in [4.78, 5) is 23.9. The van der Waals surface area contributed by atoms with E-state index in [0.717, 1.165) is 19.4 Å². The molecule has 25 heavy (non-hydrogen) atoms. The largest absolute Gasteiger partial charge is 0.493 e. The van der Waals surface area contributed by atoms with Gasteiger partial charge in [-0.25, -0.2) is 0 Å². The molecule has 2 rings (SSSR count). The maximum atomic E-state index is 12.1. The number of amides is 2. The van der Waals surface area contributed by atoms with Crippen molar-refractivity contribution in [2.24, 2.45) is 0 Å². The molecule has 2 amide bonds. The fourth-order valence-electron chi connectivity index (χ4n) is 2.60. The molecular formula is C17H24N2O6. The molecule has 138 valence electrons. The average molecular weight is 352 g/mol. The van der Waals surface area contributed by atoms with Crippen molar-refractivity contribution in [2.45, 2.75) is 25.4 Å². The number of carbonyl (C=O) groups excluding carboxylic acids is 2. The van der Waals surface area contributed by atoms with Gasteiger partial charge in [0.25, 0.3) is 0 Å². The Balaban J connectivity index is 1.91. The highest BCUT2D eigenvalue weighted by molar-refractivity contribution is 6.03. The van der Waals surface area contributed by atoms with Crippen LogP contribution in [0.15, 0.2) is 12.1 Å². The van der Waals surface area contributed by atoms with Crippen LogP contribution < -0.4 is 24.8 Å². The maximum Gasteiger partial charge on any atom is 0.233 e. The highest BCUT2D eigenvalue weighted by Gasteiger charge is 2.18. The predicted molar refractivity (Wildman–Crippen MR) is 91.3 cm³/mol. The molecule has 8 heteroatoms. The second kappa shape index (κ2) is 9.12. The zero-order valence-corrected chi connectivity index (χ0v) is 14.7. The van der Waals surface area contributed by atoms with Crippen LogP contribution in [0.5, 0.6) is 17.2 Å². The SMILES string of the molecule is COc1cc(NC(=O)CC(=O)NCC2CCCO2)cc(OC)c1OC. The lowest BCUT2D eigenvalue weighted by Crippen LogP contribution is -2.34. The molecule has 1 fully saturated rings. The number of anilines is 1. The molecule has 1 atom stereocenters. The first-order valence-corrected chi connectivity index (χ1v) is 8.05. The Morgan fingerprint density at radius 3 is 2.32 bits per heavy atom. The fraction of sp³-hybridized carbons (Fsp3) is 0.529. The van der Waals surface area contributed by atoms with Crippen molar-refractivity contribution in [1.82, 2.24) is 5.32 Å². The monoisotopic (exact) mass is 352 g/mol. The topological polar surface area (TPSA) is 95.1 Å². The molecule has 1 unspecified atom stereocenters. The number of rotatable bonds is 8.